The molecule has 1 amide bonds. The van der Waals surface area contributed by atoms with Gasteiger partial charge in [-0.25, -0.2) is 0 Å². The first-order valence-corrected chi connectivity index (χ1v) is 5.52. The van der Waals surface area contributed by atoms with Crippen molar-refractivity contribution in [2.75, 3.05) is 13.7 Å². The molecule has 2 atom stereocenters. The van der Waals surface area contributed by atoms with E-state index in [4.69, 9.17) is 10.5 Å². The van der Waals surface area contributed by atoms with Crippen molar-refractivity contribution >= 4 is 5.91 Å². The molecule has 0 aromatic carbocycles. The van der Waals surface area contributed by atoms with Gasteiger partial charge in [0.05, 0.1) is 0 Å². The minimum Gasteiger partial charge on any atom is -0.370 e. The Bertz CT molecular complexity index is 225. The molecule has 1 aliphatic carbocycles. The lowest BCUT2D eigenvalue weighted by Gasteiger charge is -2.20. The van der Waals surface area contributed by atoms with Crippen LogP contribution in [0.25, 0.3) is 0 Å². The number of methoxy groups -OCH3 is 1. The molecule has 3 N–H and O–H groups in total. The van der Waals surface area contributed by atoms with E-state index in [1.807, 2.05) is 0 Å². The minimum absolute atomic E-state index is 0.0808. The van der Waals surface area contributed by atoms with Gasteiger partial charge in [-0.2, -0.15) is 0 Å². The van der Waals surface area contributed by atoms with Crippen molar-refractivity contribution in [1.29, 1.82) is 0 Å². The molecule has 0 spiro atoms. The summed E-state index contributed by atoms with van der Waals surface area (Å²) in [5.74, 6) is -0.0808. The van der Waals surface area contributed by atoms with Crippen LogP contribution in [0.1, 0.15) is 33.1 Å². The lowest BCUT2D eigenvalue weighted by Crippen LogP contribution is -2.44. The summed E-state index contributed by atoms with van der Waals surface area (Å²) in [4.78, 5) is 11.7. The van der Waals surface area contributed by atoms with Crippen molar-refractivity contribution in [3.05, 3.63) is 0 Å². The Morgan fingerprint density at radius 3 is 2.73 bits per heavy atom. The van der Waals surface area contributed by atoms with E-state index in [0.29, 0.717) is 5.41 Å². The Kier molecular flexibility index (Phi) is 4.11. The highest BCUT2D eigenvalue weighted by Crippen LogP contribution is 2.36. The third kappa shape index (κ3) is 3.47. The highest BCUT2D eigenvalue weighted by Gasteiger charge is 2.32. The van der Waals surface area contributed by atoms with Crippen LogP contribution in [0.4, 0.5) is 0 Å². The van der Waals surface area contributed by atoms with Crippen molar-refractivity contribution < 1.29 is 9.53 Å². The zero-order chi connectivity index (χ0) is 11.5. The van der Waals surface area contributed by atoms with Crippen LogP contribution in [-0.2, 0) is 9.53 Å². The molecular weight excluding hydrogens is 192 g/mol. The second kappa shape index (κ2) is 4.94. The monoisotopic (exact) mass is 214 g/mol. The third-order valence-electron chi connectivity index (χ3n) is 3.11. The molecule has 0 aromatic rings. The lowest BCUT2D eigenvalue weighted by molar-refractivity contribution is -0.131. The van der Waals surface area contributed by atoms with E-state index < -0.39 is 6.10 Å². The highest BCUT2D eigenvalue weighted by atomic mass is 16.5. The van der Waals surface area contributed by atoms with E-state index in [0.717, 1.165) is 19.3 Å². The molecule has 0 radical (unpaired) electrons. The van der Waals surface area contributed by atoms with Crippen molar-refractivity contribution in [2.45, 2.75) is 45.3 Å². The van der Waals surface area contributed by atoms with E-state index in [2.05, 4.69) is 19.2 Å². The summed E-state index contributed by atoms with van der Waals surface area (Å²) in [7, 11) is 1.51. The first kappa shape index (κ1) is 12.5. The Balaban J connectivity index is 2.39. The molecule has 1 aliphatic rings. The van der Waals surface area contributed by atoms with Gasteiger partial charge in [0.15, 0.2) is 0 Å². The zero-order valence-electron chi connectivity index (χ0n) is 9.88. The van der Waals surface area contributed by atoms with Crippen LogP contribution in [0, 0.1) is 5.41 Å². The molecule has 0 aliphatic heterocycles. The second-order valence-corrected chi connectivity index (χ2v) is 5.07. The summed E-state index contributed by atoms with van der Waals surface area (Å²) in [6.45, 7) is 4.70. The standard InChI is InChI=1S/C11H22N2O2/c1-11(2)5-4-8(6-11)13-10(14)9(7-12)15-3/h8-9H,4-7,12H2,1-3H3,(H,13,14). The van der Waals surface area contributed by atoms with Gasteiger partial charge in [-0.3, -0.25) is 4.79 Å². The number of hydrogen-bond donors (Lipinski definition) is 2. The van der Waals surface area contributed by atoms with Crippen LogP contribution in [-0.4, -0.2) is 31.7 Å². The van der Waals surface area contributed by atoms with Gasteiger partial charge in [0.1, 0.15) is 6.10 Å². The highest BCUT2D eigenvalue weighted by molar-refractivity contribution is 5.81. The van der Waals surface area contributed by atoms with Crippen LogP contribution < -0.4 is 11.1 Å². The Morgan fingerprint density at radius 2 is 2.33 bits per heavy atom. The van der Waals surface area contributed by atoms with Gasteiger partial charge < -0.3 is 15.8 Å². The number of hydrogen-bond acceptors (Lipinski definition) is 3. The van der Waals surface area contributed by atoms with Crippen LogP contribution in [0.5, 0.6) is 0 Å². The van der Waals surface area contributed by atoms with E-state index in [9.17, 15) is 4.79 Å². The maximum atomic E-state index is 11.7. The smallest absolute Gasteiger partial charge is 0.250 e. The van der Waals surface area contributed by atoms with Crippen LogP contribution >= 0.6 is 0 Å². The number of carbonyl (C=O) groups excluding carboxylic acids is 1. The molecule has 15 heavy (non-hydrogen) atoms. The van der Waals surface area contributed by atoms with E-state index in [1.165, 1.54) is 7.11 Å². The molecule has 1 rings (SSSR count). The fourth-order valence-electron chi connectivity index (χ4n) is 2.16. The first-order chi connectivity index (χ1) is 6.98. The largest absolute Gasteiger partial charge is 0.370 e. The molecule has 1 fully saturated rings. The summed E-state index contributed by atoms with van der Waals surface area (Å²) in [6, 6.07) is 0.289. The Morgan fingerprint density at radius 1 is 1.67 bits per heavy atom. The number of nitrogens with one attached hydrogen (secondary N) is 1. The molecule has 0 heterocycles. The molecule has 4 nitrogen and oxygen atoms in total. The van der Waals surface area contributed by atoms with Crippen molar-refractivity contribution in [2.24, 2.45) is 11.1 Å². The normalized spacial score (nSPS) is 26.3. The maximum absolute atomic E-state index is 11.7. The molecule has 0 bridgehead atoms. The molecule has 0 aromatic heterocycles. The van der Waals surface area contributed by atoms with Gasteiger partial charge in [-0.05, 0) is 24.7 Å². The van der Waals surface area contributed by atoms with Gasteiger partial charge in [0, 0.05) is 19.7 Å². The van der Waals surface area contributed by atoms with Gasteiger partial charge >= 0.3 is 0 Å². The molecule has 0 saturated heterocycles. The van der Waals surface area contributed by atoms with Crippen molar-refractivity contribution in [1.82, 2.24) is 5.32 Å². The number of rotatable bonds is 4. The summed E-state index contributed by atoms with van der Waals surface area (Å²) in [5, 5.41) is 2.99. The number of nitrogens with two attached hydrogens (primary N) is 1. The SMILES string of the molecule is COC(CN)C(=O)NC1CCC(C)(C)C1. The molecule has 4 heteroatoms. The van der Waals surface area contributed by atoms with Gasteiger partial charge in [0.25, 0.3) is 5.91 Å². The maximum Gasteiger partial charge on any atom is 0.250 e. The molecular formula is C11H22N2O2. The predicted molar refractivity (Wildman–Crippen MR) is 59.4 cm³/mol. The number of carbonyl (C=O) groups is 1. The summed E-state index contributed by atoms with van der Waals surface area (Å²) in [6.07, 6.45) is 2.76. The fraction of sp³-hybridized carbons (Fsp3) is 0.909. The van der Waals surface area contributed by atoms with Crippen LogP contribution in [0.2, 0.25) is 0 Å². The van der Waals surface area contributed by atoms with Crippen LogP contribution in [0.15, 0.2) is 0 Å². The van der Waals surface area contributed by atoms with Gasteiger partial charge in [-0.15, -0.1) is 0 Å². The summed E-state index contributed by atoms with van der Waals surface area (Å²) < 4.78 is 4.99. The van der Waals surface area contributed by atoms with Gasteiger partial charge in [0.2, 0.25) is 0 Å². The van der Waals surface area contributed by atoms with Gasteiger partial charge in [-0.1, -0.05) is 13.8 Å². The molecule has 2 unspecified atom stereocenters. The van der Waals surface area contributed by atoms with E-state index in [1.54, 1.807) is 0 Å². The molecule has 88 valence electrons. The summed E-state index contributed by atoms with van der Waals surface area (Å²) in [5.41, 5.74) is 5.78. The topological polar surface area (TPSA) is 64.3 Å². The lowest BCUT2D eigenvalue weighted by atomic mass is 9.92. The van der Waals surface area contributed by atoms with Crippen molar-refractivity contribution in [3.8, 4) is 0 Å². The van der Waals surface area contributed by atoms with Crippen LogP contribution in [0.3, 0.4) is 0 Å². The minimum atomic E-state index is -0.506. The third-order valence-corrected chi connectivity index (χ3v) is 3.11. The quantitative estimate of drug-likeness (QED) is 0.722. The Hall–Kier alpha value is -0.610. The zero-order valence-corrected chi connectivity index (χ0v) is 9.88. The average molecular weight is 214 g/mol. The Labute approximate surface area is 91.5 Å². The van der Waals surface area contributed by atoms with E-state index in [-0.39, 0.29) is 18.5 Å². The van der Waals surface area contributed by atoms with E-state index >= 15 is 0 Å². The number of ether oxygens (including phenoxy) is 1. The van der Waals surface area contributed by atoms with Crippen molar-refractivity contribution in [3.63, 3.8) is 0 Å². The fourth-order valence-corrected chi connectivity index (χ4v) is 2.16. The molecule has 1 saturated carbocycles. The second-order valence-electron chi connectivity index (χ2n) is 5.07. The predicted octanol–water partition coefficient (Wildman–Crippen LogP) is 0.655. The summed E-state index contributed by atoms with van der Waals surface area (Å²) >= 11 is 0. The number of amides is 1. The average Bonchev–Trinajstić information content (AvgIpc) is 2.47. The first-order valence-electron chi connectivity index (χ1n) is 5.52.